The number of alkyl halides is 2. The lowest BCUT2D eigenvalue weighted by molar-refractivity contribution is 0.234. The van der Waals surface area contributed by atoms with E-state index in [0.29, 0.717) is 12.0 Å². The number of nitrogens with zero attached hydrogens (tertiary/aromatic N) is 1. The second-order valence-electron chi connectivity index (χ2n) is 5.67. The van der Waals surface area contributed by atoms with Crippen molar-refractivity contribution >= 4 is 15.5 Å². The minimum absolute atomic E-state index is 0.323. The van der Waals surface area contributed by atoms with Crippen LogP contribution in [0.2, 0.25) is 0 Å². The Labute approximate surface area is 123 Å². The molecule has 1 N–H and O–H groups in total. The average molecular weight is 316 g/mol. The summed E-state index contributed by atoms with van der Waals surface area (Å²) in [6.07, 6.45) is 2.38. The highest BCUT2D eigenvalue weighted by molar-refractivity contribution is 7.91. The van der Waals surface area contributed by atoms with Crippen LogP contribution in [0.25, 0.3) is 0 Å². The van der Waals surface area contributed by atoms with E-state index < -0.39 is 15.6 Å². The van der Waals surface area contributed by atoms with Gasteiger partial charge in [0, 0.05) is 24.8 Å². The van der Waals surface area contributed by atoms with Crippen LogP contribution >= 0.6 is 0 Å². The Bertz CT molecular complexity index is 590. The fraction of sp³-hybridized carbons (Fsp3) is 0.571. The second-order valence-corrected chi connectivity index (χ2v) is 7.59. The monoisotopic (exact) mass is 316 g/mol. The van der Waals surface area contributed by atoms with Gasteiger partial charge >= 0.3 is 5.76 Å². The molecule has 0 saturated carbocycles. The van der Waals surface area contributed by atoms with Crippen molar-refractivity contribution in [2.45, 2.75) is 29.5 Å². The molecule has 2 fully saturated rings. The van der Waals surface area contributed by atoms with Gasteiger partial charge in [0.2, 0.25) is 9.84 Å². The number of sulfone groups is 1. The molecule has 2 aliphatic rings. The minimum Gasteiger partial charge on any atom is -0.370 e. The Hall–Kier alpha value is -1.21. The van der Waals surface area contributed by atoms with Gasteiger partial charge in [-0.15, -0.1) is 0 Å². The molecular weight excluding hydrogens is 298 g/mol. The van der Waals surface area contributed by atoms with Crippen molar-refractivity contribution in [2.75, 3.05) is 24.5 Å². The molecule has 2 heterocycles. The summed E-state index contributed by atoms with van der Waals surface area (Å²) in [7, 11) is -4.50. The predicted molar refractivity (Wildman–Crippen MR) is 76.4 cm³/mol. The minimum atomic E-state index is -4.50. The predicted octanol–water partition coefficient (Wildman–Crippen LogP) is 1.87. The SMILES string of the molecule is O=S(=O)(c1ccc(N2CC3CCCNC3C2)cc1)C(F)F. The molecule has 2 aliphatic heterocycles. The number of hydrogen-bond donors (Lipinski definition) is 1. The van der Waals surface area contributed by atoms with E-state index in [2.05, 4.69) is 10.2 Å². The van der Waals surface area contributed by atoms with Crippen LogP contribution in [0.5, 0.6) is 0 Å². The van der Waals surface area contributed by atoms with Gasteiger partial charge in [0.15, 0.2) is 0 Å². The molecule has 4 nitrogen and oxygen atoms in total. The smallest absolute Gasteiger partial charge is 0.341 e. The molecule has 0 radical (unpaired) electrons. The summed E-state index contributed by atoms with van der Waals surface area (Å²) in [5.74, 6) is -2.76. The Morgan fingerprint density at radius 2 is 1.90 bits per heavy atom. The van der Waals surface area contributed by atoms with Crippen LogP contribution in [-0.2, 0) is 9.84 Å². The van der Waals surface area contributed by atoms with Gasteiger partial charge in [-0.1, -0.05) is 0 Å². The summed E-state index contributed by atoms with van der Waals surface area (Å²) in [6, 6.07) is 6.25. The molecule has 2 saturated heterocycles. The third kappa shape index (κ3) is 2.76. The first-order valence-electron chi connectivity index (χ1n) is 7.09. The third-order valence-electron chi connectivity index (χ3n) is 4.36. The normalized spacial score (nSPS) is 26.1. The van der Waals surface area contributed by atoms with Gasteiger partial charge in [-0.25, -0.2) is 8.42 Å². The van der Waals surface area contributed by atoms with Crippen LogP contribution in [0.4, 0.5) is 14.5 Å². The van der Waals surface area contributed by atoms with E-state index in [0.717, 1.165) is 25.3 Å². The first kappa shape index (κ1) is 14.7. The summed E-state index contributed by atoms with van der Waals surface area (Å²) in [5.41, 5.74) is 0.888. The Morgan fingerprint density at radius 1 is 1.19 bits per heavy atom. The van der Waals surface area contributed by atoms with Gasteiger partial charge < -0.3 is 10.2 Å². The van der Waals surface area contributed by atoms with E-state index in [1.54, 1.807) is 12.1 Å². The van der Waals surface area contributed by atoms with Gasteiger partial charge in [-0.3, -0.25) is 0 Å². The van der Waals surface area contributed by atoms with Gasteiger partial charge in [0.25, 0.3) is 0 Å². The maximum absolute atomic E-state index is 12.5. The number of hydrogen-bond acceptors (Lipinski definition) is 4. The molecule has 21 heavy (non-hydrogen) atoms. The second kappa shape index (κ2) is 5.53. The summed E-state index contributed by atoms with van der Waals surface area (Å²) in [4.78, 5) is 1.86. The zero-order chi connectivity index (χ0) is 15.0. The number of piperidine rings is 1. The molecule has 1 aromatic carbocycles. The molecule has 0 spiro atoms. The number of benzene rings is 1. The van der Waals surface area contributed by atoms with Crippen molar-refractivity contribution in [3.8, 4) is 0 Å². The first-order valence-corrected chi connectivity index (χ1v) is 8.63. The number of nitrogens with one attached hydrogen (secondary N) is 1. The summed E-state index contributed by atoms with van der Waals surface area (Å²) in [5, 5.41) is 3.49. The fourth-order valence-electron chi connectivity index (χ4n) is 3.21. The maximum atomic E-state index is 12.5. The molecular formula is C14H18F2N2O2S. The zero-order valence-electron chi connectivity index (χ0n) is 11.5. The number of halogens is 2. The van der Waals surface area contributed by atoms with Crippen LogP contribution < -0.4 is 10.2 Å². The van der Waals surface area contributed by atoms with E-state index in [4.69, 9.17) is 0 Å². The standard InChI is InChI=1S/C14H18F2N2O2S/c15-14(16)21(19,20)12-5-3-11(4-6-12)18-8-10-2-1-7-17-13(10)9-18/h3-6,10,13-14,17H,1-2,7-9H2. The Kier molecular flexibility index (Phi) is 3.88. The Morgan fingerprint density at radius 3 is 2.52 bits per heavy atom. The lowest BCUT2D eigenvalue weighted by Crippen LogP contribution is -2.40. The molecule has 0 aliphatic carbocycles. The largest absolute Gasteiger partial charge is 0.370 e. The van der Waals surface area contributed by atoms with Crippen LogP contribution in [-0.4, -0.2) is 39.9 Å². The molecule has 0 bridgehead atoms. The van der Waals surface area contributed by atoms with Crippen molar-refractivity contribution in [3.63, 3.8) is 0 Å². The van der Waals surface area contributed by atoms with Crippen molar-refractivity contribution in [1.82, 2.24) is 5.32 Å². The van der Waals surface area contributed by atoms with E-state index in [1.165, 1.54) is 25.0 Å². The van der Waals surface area contributed by atoms with E-state index in [9.17, 15) is 17.2 Å². The first-order chi connectivity index (χ1) is 9.98. The van der Waals surface area contributed by atoms with Crippen LogP contribution in [0.15, 0.2) is 29.2 Å². The topological polar surface area (TPSA) is 49.4 Å². The zero-order valence-corrected chi connectivity index (χ0v) is 12.3. The van der Waals surface area contributed by atoms with E-state index in [-0.39, 0.29) is 4.90 Å². The maximum Gasteiger partial charge on any atom is 0.341 e. The average Bonchev–Trinajstić information content (AvgIpc) is 2.91. The van der Waals surface area contributed by atoms with Crippen molar-refractivity contribution in [3.05, 3.63) is 24.3 Å². The summed E-state index contributed by atoms with van der Waals surface area (Å²) < 4.78 is 47.8. The molecule has 2 atom stereocenters. The van der Waals surface area contributed by atoms with E-state index in [1.807, 2.05) is 0 Å². The van der Waals surface area contributed by atoms with Crippen LogP contribution in [0, 0.1) is 5.92 Å². The summed E-state index contributed by atoms with van der Waals surface area (Å²) >= 11 is 0. The van der Waals surface area contributed by atoms with Crippen LogP contribution in [0.1, 0.15) is 12.8 Å². The molecule has 7 heteroatoms. The van der Waals surface area contributed by atoms with Gasteiger partial charge in [0.05, 0.1) is 4.90 Å². The van der Waals surface area contributed by atoms with Crippen molar-refractivity contribution in [1.29, 1.82) is 0 Å². The number of fused-ring (bicyclic) bond motifs is 1. The molecule has 0 aromatic heterocycles. The van der Waals surface area contributed by atoms with Crippen molar-refractivity contribution < 1.29 is 17.2 Å². The van der Waals surface area contributed by atoms with Crippen molar-refractivity contribution in [2.24, 2.45) is 5.92 Å². The van der Waals surface area contributed by atoms with E-state index >= 15 is 0 Å². The lowest BCUT2D eigenvalue weighted by atomic mass is 9.94. The molecule has 3 rings (SSSR count). The molecule has 1 aromatic rings. The third-order valence-corrected chi connectivity index (χ3v) is 5.76. The highest BCUT2D eigenvalue weighted by atomic mass is 32.2. The number of rotatable bonds is 3. The van der Waals surface area contributed by atoms with Gasteiger partial charge in [-0.2, -0.15) is 8.78 Å². The lowest BCUT2D eigenvalue weighted by Gasteiger charge is -2.24. The molecule has 0 amide bonds. The Balaban J connectivity index is 1.76. The van der Waals surface area contributed by atoms with Gasteiger partial charge in [-0.05, 0) is 49.6 Å². The highest BCUT2D eigenvalue weighted by Crippen LogP contribution is 2.30. The highest BCUT2D eigenvalue weighted by Gasteiger charge is 2.34. The van der Waals surface area contributed by atoms with Crippen LogP contribution in [0.3, 0.4) is 0 Å². The summed E-state index contributed by atoms with van der Waals surface area (Å²) in [6.45, 7) is 2.85. The molecule has 116 valence electrons. The molecule has 2 unspecified atom stereocenters. The quantitative estimate of drug-likeness (QED) is 0.925. The fourth-order valence-corrected chi connectivity index (χ4v) is 3.93. The van der Waals surface area contributed by atoms with Gasteiger partial charge in [0.1, 0.15) is 0 Å². The number of anilines is 1.